The Morgan fingerprint density at radius 2 is 1.21 bits per heavy atom. The number of hydrogen-bond donors (Lipinski definition) is 0. The zero-order valence-electron chi connectivity index (χ0n) is 30.2. The molecular weight excluding hydrogens is 613 g/mol. The van der Waals surface area contributed by atoms with Crippen LogP contribution in [0.5, 0.6) is 0 Å². The van der Waals surface area contributed by atoms with E-state index < -0.39 is 13.9 Å². The second-order valence-electron chi connectivity index (χ2n) is 12.5. The first-order valence-electron chi connectivity index (χ1n) is 17.7. The fourth-order valence-corrected chi connectivity index (χ4v) is 4.76. The fourth-order valence-electron chi connectivity index (χ4n) is 4.03. The van der Waals surface area contributed by atoms with Crippen LogP contribution in [0.4, 0.5) is 0 Å². The van der Waals surface area contributed by atoms with Crippen LogP contribution in [0.3, 0.4) is 0 Å². The van der Waals surface area contributed by atoms with Crippen molar-refractivity contribution >= 4 is 13.8 Å². The van der Waals surface area contributed by atoms with Gasteiger partial charge in [-0.15, -0.1) is 0 Å². The van der Waals surface area contributed by atoms with Gasteiger partial charge in [-0.05, 0) is 57.8 Å². The molecule has 0 aromatic carbocycles. The summed E-state index contributed by atoms with van der Waals surface area (Å²) in [5.41, 5.74) is 0. The molecule has 270 valence electrons. The van der Waals surface area contributed by atoms with E-state index in [1.54, 1.807) is 0 Å². The quantitative estimate of drug-likeness (QED) is 0.0237. The molecule has 0 fully saturated rings. The van der Waals surface area contributed by atoms with E-state index in [0.29, 0.717) is 17.6 Å². The van der Waals surface area contributed by atoms with Gasteiger partial charge in [0.05, 0.1) is 34.4 Å². The van der Waals surface area contributed by atoms with Crippen LogP contribution in [0.1, 0.15) is 104 Å². The van der Waals surface area contributed by atoms with Gasteiger partial charge in [0.25, 0.3) is 7.82 Å². The Hall–Kier alpha value is -2.06. The van der Waals surface area contributed by atoms with Crippen LogP contribution >= 0.6 is 7.82 Å². The molecule has 2 atom stereocenters. The number of hydrogen-bond acceptors (Lipinski definition) is 7. The maximum absolute atomic E-state index is 12.4. The van der Waals surface area contributed by atoms with Crippen molar-refractivity contribution in [1.29, 1.82) is 0 Å². The maximum atomic E-state index is 12.4. The molecule has 0 saturated heterocycles. The van der Waals surface area contributed by atoms with Gasteiger partial charge < -0.3 is 27.9 Å². The lowest BCUT2D eigenvalue weighted by molar-refractivity contribution is -0.870. The summed E-state index contributed by atoms with van der Waals surface area (Å²) in [5.74, 6) is -0.372. The third-order valence-corrected chi connectivity index (χ3v) is 7.74. The summed E-state index contributed by atoms with van der Waals surface area (Å²) in [6.07, 6.45) is 38.2. The van der Waals surface area contributed by atoms with Crippen LogP contribution in [0.2, 0.25) is 0 Å². The summed E-state index contributed by atoms with van der Waals surface area (Å²) in [5, 5.41) is 0. The normalized spacial score (nSPS) is 14.9. The van der Waals surface area contributed by atoms with Gasteiger partial charge in [0.2, 0.25) is 0 Å². The molecular formula is C38H66NO7P. The van der Waals surface area contributed by atoms with Gasteiger partial charge >= 0.3 is 5.97 Å². The van der Waals surface area contributed by atoms with Crippen LogP contribution in [0.25, 0.3) is 0 Å². The molecule has 0 amide bonds. The molecule has 0 heterocycles. The van der Waals surface area contributed by atoms with E-state index in [0.717, 1.165) is 83.5 Å². The van der Waals surface area contributed by atoms with Crippen molar-refractivity contribution in [2.45, 2.75) is 110 Å². The zero-order chi connectivity index (χ0) is 34.9. The zero-order valence-corrected chi connectivity index (χ0v) is 31.1. The Morgan fingerprint density at radius 3 is 1.74 bits per heavy atom. The highest BCUT2D eigenvalue weighted by Gasteiger charge is 2.20. The number of unbranched alkanes of at least 4 members (excludes halogenated alkanes) is 5. The average molecular weight is 680 g/mol. The lowest BCUT2D eigenvalue weighted by atomic mass is 10.1. The third kappa shape index (κ3) is 35.1. The van der Waals surface area contributed by atoms with E-state index in [4.69, 9.17) is 18.5 Å². The number of nitrogens with zero attached hydrogens (tertiary/aromatic N) is 1. The SMILES string of the molecule is CC/C=C\C/C=C\C/C=C\C/C=C\C/C=C\C/C=C\CCCOCC(COP(=O)([O-])OCC[N+](C)(C)C)OC(=O)CCCCCCC. The topological polar surface area (TPSA) is 94.1 Å². The first kappa shape index (κ1) is 44.9. The molecule has 0 aromatic rings. The number of allylic oxidation sites excluding steroid dienone is 12. The van der Waals surface area contributed by atoms with Crippen LogP contribution < -0.4 is 4.89 Å². The van der Waals surface area contributed by atoms with Gasteiger partial charge in [-0.2, -0.15) is 0 Å². The van der Waals surface area contributed by atoms with Crippen LogP contribution in [0, 0.1) is 0 Å². The minimum atomic E-state index is -4.52. The minimum absolute atomic E-state index is 0.0115. The van der Waals surface area contributed by atoms with Crippen molar-refractivity contribution in [3.63, 3.8) is 0 Å². The largest absolute Gasteiger partial charge is 0.756 e. The highest BCUT2D eigenvalue weighted by molar-refractivity contribution is 7.45. The van der Waals surface area contributed by atoms with Gasteiger partial charge in [-0.1, -0.05) is 112 Å². The summed E-state index contributed by atoms with van der Waals surface area (Å²) < 4.78 is 34.1. The Bertz CT molecular complexity index is 979. The number of esters is 1. The van der Waals surface area contributed by atoms with E-state index >= 15 is 0 Å². The third-order valence-electron chi connectivity index (χ3n) is 6.77. The second kappa shape index (κ2) is 31.2. The van der Waals surface area contributed by atoms with E-state index in [1.165, 1.54) is 0 Å². The molecule has 0 aromatic heterocycles. The summed E-state index contributed by atoms with van der Waals surface area (Å²) in [7, 11) is 1.30. The second-order valence-corrected chi connectivity index (χ2v) is 13.9. The first-order chi connectivity index (χ1) is 22.6. The predicted molar refractivity (Wildman–Crippen MR) is 194 cm³/mol. The summed E-state index contributed by atoms with van der Waals surface area (Å²) in [6, 6.07) is 0. The van der Waals surface area contributed by atoms with Crippen LogP contribution in [-0.4, -0.2) is 70.7 Å². The van der Waals surface area contributed by atoms with Crippen molar-refractivity contribution in [2.75, 3.05) is 54.1 Å². The highest BCUT2D eigenvalue weighted by atomic mass is 31.2. The Labute approximate surface area is 287 Å². The lowest BCUT2D eigenvalue weighted by Crippen LogP contribution is -2.37. The number of ether oxygens (including phenoxy) is 2. The van der Waals surface area contributed by atoms with E-state index in [9.17, 15) is 14.3 Å². The molecule has 0 aliphatic carbocycles. The van der Waals surface area contributed by atoms with Crippen molar-refractivity contribution in [2.24, 2.45) is 0 Å². The predicted octanol–water partition coefficient (Wildman–Crippen LogP) is 8.96. The molecule has 0 aliphatic heterocycles. The number of rotatable bonds is 31. The number of likely N-dealkylation sites (N-methyl/N-ethyl adjacent to an activating group) is 1. The molecule has 0 bridgehead atoms. The number of phosphoric ester groups is 1. The number of carbonyl (C=O) groups is 1. The molecule has 0 N–H and O–H groups in total. The van der Waals surface area contributed by atoms with Gasteiger partial charge in [-0.3, -0.25) is 9.36 Å². The molecule has 0 rings (SSSR count). The van der Waals surface area contributed by atoms with Gasteiger partial charge in [0, 0.05) is 13.0 Å². The molecule has 47 heavy (non-hydrogen) atoms. The molecule has 2 unspecified atom stereocenters. The van der Waals surface area contributed by atoms with E-state index in [1.807, 2.05) is 21.1 Å². The minimum Gasteiger partial charge on any atom is -0.756 e. The standard InChI is InChI=1S/C38H66NO7P/c1-6-8-10-12-13-14-15-16-17-18-19-20-21-22-23-24-25-26-28-30-33-43-35-37(46-38(40)31-29-27-11-9-7-2)36-45-47(41,42)44-34-32-39(3,4)5/h8,10,13-14,16-17,19-20,22-23,25-26,37H,6-7,9,11-12,15,18,21,24,27-36H2,1-5H3/b10-8-,14-13-,17-16-,20-19-,23-22-,26-25-. The fraction of sp³-hybridized carbons (Fsp3) is 0.658. The van der Waals surface area contributed by atoms with Gasteiger partial charge in [0.15, 0.2) is 0 Å². The molecule has 0 spiro atoms. The molecule has 9 heteroatoms. The summed E-state index contributed by atoms with van der Waals surface area (Å²) in [4.78, 5) is 24.6. The van der Waals surface area contributed by atoms with Crippen molar-refractivity contribution < 1.29 is 37.3 Å². The Kier molecular flexibility index (Phi) is 29.9. The first-order valence-corrected chi connectivity index (χ1v) is 19.1. The average Bonchev–Trinajstić information content (AvgIpc) is 3.01. The van der Waals surface area contributed by atoms with Crippen LogP contribution in [0.15, 0.2) is 72.9 Å². The van der Waals surface area contributed by atoms with Crippen molar-refractivity contribution in [3.05, 3.63) is 72.9 Å². The molecule has 0 aliphatic rings. The van der Waals surface area contributed by atoms with Crippen molar-refractivity contribution in [3.8, 4) is 0 Å². The lowest BCUT2D eigenvalue weighted by Gasteiger charge is -2.28. The van der Waals surface area contributed by atoms with Gasteiger partial charge in [-0.25, -0.2) is 0 Å². The highest BCUT2D eigenvalue weighted by Crippen LogP contribution is 2.38. The Balaban J connectivity index is 4.30. The number of phosphoric acid groups is 1. The molecule has 0 saturated carbocycles. The van der Waals surface area contributed by atoms with E-state index in [-0.39, 0.29) is 32.2 Å². The number of carbonyl (C=O) groups excluding carboxylic acids is 1. The van der Waals surface area contributed by atoms with E-state index in [2.05, 4.69) is 86.8 Å². The van der Waals surface area contributed by atoms with Crippen molar-refractivity contribution in [1.82, 2.24) is 0 Å². The smallest absolute Gasteiger partial charge is 0.306 e. The van der Waals surface area contributed by atoms with Crippen LogP contribution in [-0.2, 0) is 27.9 Å². The maximum Gasteiger partial charge on any atom is 0.306 e. The molecule has 0 radical (unpaired) electrons. The summed E-state index contributed by atoms with van der Waals surface area (Å²) in [6.45, 7) is 5.00. The monoisotopic (exact) mass is 679 g/mol. The number of quaternary nitrogens is 1. The Morgan fingerprint density at radius 1 is 0.681 bits per heavy atom. The summed E-state index contributed by atoms with van der Waals surface area (Å²) >= 11 is 0. The molecule has 8 nitrogen and oxygen atoms in total. The van der Waals surface area contributed by atoms with Gasteiger partial charge in [0.1, 0.15) is 19.3 Å².